The molecule has 0 radical (unpaired) electrons. The van der Waals surface area contributed by atoms with Crippen LogP contribution < -0.4 is 10.1 Å². The summed E-state index contributed by atoms with van der Waals surface area (Å²) in [6, 6.07) is 6.78. The molecule has 0 bridgehead atoms. The number of carboxylic acid groups (broad SMARTS) is 1. The van der Waals surface area contributed by atoms with Crippen LogP contribution in [0, 0.1) is 0 Å². The van der Waals surface area contributed by atoms with Crippen LogP contribution in [0.1, 0.15) is 26.3 Å². The number of hydrogen-bond donors (Lipinski definition) is 2. The molecular weight excluding hydrogens is 234 g/mol. The lowest BCUT2D eigenvalue weighted by Crippen LogP contribution is -2.49. The van der Waals surface area contributed by atoms with Gasteiger partial charge in [0.05, 0.1) is 6.61 Å². The first kappa shape index (κ1) is 14.0. The number of carbonyl (C=O) groups is 2. The molecule has 0 aromatic heterocycles. The van der Waals surface area contributed by atoms with Crippen LogP contribution in [0.15, 0.2) is 24.3 Å². The van der Waals surface area contributed by atoms with Crippen molar-refractivity contribution in [2.24, 2.45) is 0 Å². The molecule has 0 spiro atoms. The predicted octanol–water partition coefficient (Wildman–Crippen LogP) is 1.52. The molecule has 0 aliphatic rings. The summed E-state index contributed by atoms with van der Waals surface area (Å²) < 4.78 is 5.40. The fraction of sp³-hybridized carbons (Fsp3) is 0.385. The summed E-state index contributed by atoms with van der Waals surface area (Å²) in [5.74, 6) is -1.09. The lowest BCUT2D eigenvalue weighted by atomic mass is 9.91. The molecule has 1 aromatic carbocycles. The Bertz CT molecular complexity index is 458. The Morgan fingerprint density at radius 1 is 1.39 bits per heavy atom. The summed E-state index contributed by atoms with van der Waals surface area (Å²) in [7, 11) is 0. The molecule has 0 aliphatic carbocycles. The average Bonchev–Trinajstić information content (AvgIpc) is 2.28. The molecule has 0 saturated heterocycles. The molecule has 98 valence electrons. The quantitative estimate of drug-likeness (QED) is 0.832. The number of carbonyl (C=O) groups excluding carboxylic acids is 1. The fourth-order valence-electron chi connectivity index (χ4n) is 1.75. The van der Waals surface area contributed by atoms with Gasteiger partial charge in [-0.2, -0.15) is 0 Å². The van der Waals surface area contributed by atoms with Crippen molar-refractivity contribution < 1.29 is 19.4 Å². The number of ether oxygens (including phenoxy) is 1. The third-order valence-electron chi connectivity index (χ3n) is 2.58. The highest BCUT2D eigenvalue weighted by molar-refractivity contribution is 5.87. The van der Waals surface area contributed by atoms with Crippen LogP contribution in [0.25, 0.3) is 0 Å². The van der Waals surface area contributed by atoms with Crippen LogP contribution in [-0.4, -0.2) is 23.6 Å². The number of aliphatic carboxylic acids is 1. The van der Waals surface area contributed by atoms with Gasteiger partial charge in [0.25, 0.3) is 0 Å². The van der Waals surface area contributed by atoms with Gasteiger partial charge in [-0.3, -0.25) is 4.79 Å². The SMILES string of the molecule is CCOc1ccccc1C(C)(NC(C)=O)C(=O)O. The van der Waals surface area contributed by atoms with Crippen LogP contribution >= 0.6 is 0 Å². The number of benzene rings is 1. The highest BCUT2D eigenvalue weighted by Crippen LogP contribution is 2.30. The normalized spacial score (nSPS) is 13.5. The molecule has 0 aliphatic heterocycles. The fourth-order valence-corrected chi connectivity index (χ4v) is 1.75. The molecule has 0 saturated carbocycles. The maximum absolute atomic E-state index is 11.4. The van der Waals surface area contributed by atoms with Crippen LogP contribution in [0.4, 0.5) is 0 Å². The first-order chi connectivity index (χ1) is 8.41. The van der Waals surface area contributed by atoms with Gasteiger partial charge < -0.3 is 15.2 Å². The lowest BCUT2D eigenvalue weighted by molar-refractivity contribution is -0.147. The summed E-state index contributed by atoms with van der Waals surface area (Å²) in [5.41, 5.74) is -1.08. The molecule has 0 fully saturated rings. The number of para-hydroxylation sites is 1. The van der Waals surface area contributed by atoms with Crippen molar-refractivity contribution in [2.45, 2.75) is 26.3 Å². The van der Waals surface area contributed by atoms with Crippen molar-refractivity contribution in [3.63, 3.8) is 0 Å². The third-order valence-corrected chi connectivity index (χ3v) is 2.58. The molecule has 5 nitrogen and oxygen atoms in total. The van der Waals surface area contributed by atoms with Crippen molar-refractivity contribution >= 4 is 11.9 Å². The Morgan fingerprint density at radius 2 is 2.00 bits per heavy atom. The zero-order valence-corrected chi connectivity index (χ0v) is 10.7. The van der Waals surface area contributed by atoms with Gasteiger partial charge in [0, 0.05) is 12.5 Å². The zero-order chi connectivity index (χ0) is 13.8. The van der Waals surface area contributed by atoms with Gasteiger partial charge in [0.15, 0.2) is 5.54 Å². The Kier molecular flexibility index (Phi) is 4.31. The minimum Gasteiger partial charge on any atom is -0.493 e. The molecule has 2 N–H and O–H groups in total. The summed E-state index contributed by atoms with van der Waals surface area (Å²) >= 11 is 0. The zero-order valence-electron chi connectivity index (χ0n) is 10.7. The van der Waals surface area contributed by atoms with Gasteiger partial charge in [0.1, 0.15) is 5.75 Å². The van der Waals surface area contributed by atoms with E-state index in [-0.39, 0.29) is 0 Å². The standard InChI is InChI=1S/C13H17NO4/c1-4-18-11-8-6-5-7-10(11)13(3,12(16)17)14-9(2)15/h5-8H,4H2,1-3H3,(H,14,15)(H,16,17). The second-order valence-electron chi connectivity index (χ2n) is 4.04. The summed E-state index contributed by atoms with van der Waals surface area (Å²) in [6.07, 6.45) is 0. The van der Waals surface area contributed by atoms with E-state index in [1.165, 1.54) is 13.8 Å². The van der Waals surface area contributed by atoms with Crippen molar-refractivity contribution in [3.05, 3.63) is 29.8 Å². The monoisotopic (exact) mass is 251 g/mol. The second kappa shape index (κ2) is 5.53. The summed E-state index contributed by atoms with van der Waals surface area (Å²) in [4.78, 5) is 22.6. The van der Waals surface area contributed by atoms with E-state index in [0.717, 1.165) is 0 Å². The van der Waals surface area contributed by atoms with Crippen LogP contribution in [-0.2, 0) is 15.1 Å². The molecule has 1 amide bonds. The molecule has 18 heavy (non-hydrogen) atoms. The highest BCUT2D eigenvalue weighted by Gasteiger charge is 2.38. The highest BCUT2D eigenvalue weighted by atomic mass is 16.5. The van der Waals surface area contributed by atoms with E-state index in [1.54, 1.807) is 24.3 Å². The topological polar surface area (TPSA) is 75.6 Å². The van der Waals surface area contributed by atoms with E-state index in [2.05, 4.69) is 5.32 Å². The summed E-state index contributed by atoms with van der Waals surface area (Å²) in [5, 5.41) is 11.8. The maximum Gasteiger partial charge on any atom is 0.333 e. The Labute approximate surface area is 106 Å². The van der Waals surface area contributed by atoms with Gasteiger partial charge in [-0.1, -0.05) is 18.2 Å². The van der Waals surface area contributed by atoms with Gasteiger partial charge in [-0.25, -0.2) is 4.79 Å². The van der Waals surface area contributed by atoms with E-state index in [9.17, 15) is 14.7 Å². The van der Waals surface area contributed by atoms with Crippen molar-refractivity contribution in [1.82, 2.24) is 5.32 Å². The number of hydrogen-bond acceptors (Lipinski definition) is 3. The van der Waals surface area contributed by atoms with E-state index in [4.69, 9.17) is 4.74 Å². The third kappa shape index (κ3) is 2.80. The van der Waals surface area contributed by atoms with Gasteiger partial charge in [-0.05, 0) is 19.9 Å². The van der Waals surface area contributed by atoms with Crippen molar-refractivity contribution in [2.75, 3.05) is 6.61 Å². The molecule has 1 rings (SSSR count). The molecule has 0 heterocycles. The Hall–Kier alpha value is -2.04. The first-order valence-electron chi connectivity index (χ1n) is 5.66. The minimum atomic E-state index is -1.50. The van der Waals surface area contributed by atoms with E-state index < -0.39 is 17.4 Å². The summed E-state index contributed by atoms with van der Waals surface area (Å²) in [6.45, 7) is 4.96. The van der Waals surface area contributed by atoms with E-state index in [0.29, 0.717) is 17.9 Å². The predicted molar refractivity (Wildman–Crippen MR) is 66.4 cm³/mol. The lowest BCUT2D eigenvalue weighted by Gasteiger charge is -2.27. The molecule has 5 heteroatoms. The number of carboxylic acids is 1. The largest absolute Gasteiger partial charge is 0.493 e. The van der Waals surface area contributed by atoms with Crippen LogP contribution in [0.3, 0.4) is 0 Å². The Balaban J connectivity index is 3.29. The molecule has 1 aromatic rings. The van der Waals surface area contributed by atoms with E-state index >= 15 is 0 Å². The van der Waals surface area contributed by atoms with Gasteiger partial charge in [-0.15, -0.1) is 0 Å². The second-order valence-corrected chi connectivity index (χ2v) is 4.04. The van der Waals surface area contributed by atoms with Gasteiger partial charge >= 0.3 is 5.97 Å². The number of amides is 1. The minimum absolute atomic E-state index is 0.411. The number of rotatable bonds is 5. The number of nitrogens with one attached hydrogen (secondary N) is 1. The van der Waals surface area contributed by atoms with E-state index in [1.807, 2.05) is 6.92 Å². The molecule has 1 unspecified atom stereocenters. The van der Waals surface area contributed by atoms with Crippen LogP contribution in [0.2, 0.25) is 0 Å². The van der Waals surface area contributed by atoms with Crippen molar-refractivity contribution in [1.29, 1.82) is 0 Å². The average molecular weight is 251 g/mol. The van der Waals surface area contributed by atoms with Crippen molar-refractivity contribution in [3.8, 4) is 5.75 Å². The first-order valence-corrected chi connectivity index (χ1v) is 5.66. The Morgan fingerprint density at radius 3 is 2.50 bits per heavy atom. The van der Waals surface area contributed by atoms with Gasteiger partial charge in [0.2, 0.25) is 5.91 Å². The molecule has 1 atom stereocenters. The maximum atomic E-state index is 11.4. The van der Waals surface area contributed by atoms with Crippen LogP contribution in [0.5, 0.6) is 5.75 Å². The smallest absolute Gasteiger partial charge is 0.333 e. The molecular formula is C13H17NO4.